The first-order chi connectivity index (χ1) is 9.08. The van der Waals surface area contributed by atoms with Gasteiger partial charge in [0.15, 0.2) is 17.5 Å². The molecule has 0 aliphatic carbocycles. The lowest BCUT2D eigenvalue weighted by Gasteiger charge is -2.14. The number of benzene rings is 1. The van der Waals surface area contributed by atoms with Crippen molar-refractivity contribution >= 4 is 0 Å². The number of aromatic nitrogens is 2. The van der Waals surface area contributed by atoms with E-state index in [1.165, 1.54) is 12.1 Å². The van der Waals surface area contributed by atoms with Crippen molar-refractivity contribution in [2.45, 2.75) is 19.6 Å². The zero-order chi connectivity index (χ0) is 13.8. The maximum Gasteiger partial charge on any atom is 0.240 e. The first kappa shape index (κ1) is 13.6. The van der Waals surface area contributed by atoms with E-state index in [4.69, 9.17) is 10.3 Å². The molecular weight excluding hydrogens is 254 g/mol. The van der Waals surface area contributed by atoms with E-state index in [1.807, 2.05) is 11.9 Å². The van der Waals surface area contributed by atoms with Gasteiger partial charge in [-0.25, -0.2) is 8.78 Å². The van der Waals surface area contributed by atoms with Gasteiger partial charge in [0.05, 0.1) is 13.1 Å². The van der Waals surface area contributed by atoms with Gasteiger partial charge >= 0.3 is 0 Å². The monoisotopic (exact) mass is 268 g/mol. The Balaban J connectivity index is 1.96. The van der Waals surface area contributed by atoms with E-state index >= 15 is 0 Å². The Hall–Kier alpha value is -1.86. The fourth-order valence-electron chi connectivity index (χ4n) is 1.68. The molecule has 0 amide bonds. The van der Waals surface area contributed by atoms with Crippen LogP contribution >= 0.6 is 0 Å². The van der Waals surface area contributed by atoms with Gasteiger partial charge < -0.3 is 10.3 Å². The van der Waals surface area contributed by atoms with Crippen LogP contribution in [0.5, 0.6) is 0 Å². The molecule has 2 aromatic rings. The Kier molecular flexibility index (Phi) is 4.18. The van der Waals surface area contributed by atoms with E-state index < -0.39 is 11.6 Å². The summed E-state index contributed by atoms with van der Waals surface area (Å²) in [5.74, 6) is -0.824. The largest absolute Gasteiger partial charge is 0.338 e. The molecule has 1 aromatic heterocycles. The summed E-state index contributed by atoms with van der Waals surface area (Å²) in [6, 6.07) is 3.82. The molecule has 0 unspecified atom stereocenters. The van der Waals surface area contributed by atoms with Gasteiger partial charge in [-0.05, 0) is 24.7 Å². The van der Waals surface area contributed by atoms with Crippen molar-refractivity contribution in [1.29, 1.82) is 0 Å². The van der Waals surface area contributed by atoms with Gasteiger partial charge in [-0.1, -0.05) is 11.2 Å². The lowest BCUT2D eigenvalue weighted by Crippen LogP contribution is -2.18. The molecule has 0 atom stereocenters. The van der Waals surface area contributed by atoms with Crippen molar-refractivity contribution in [3.63, 3.8) is 0 Å². The molecule has 0 fully saturated rings. The third-order valence-corrected chi connectivity index (χ3v) is 2.53. The van der Waals surface area contributed by atoms with E-state index in [0.717, 1.165) is 6.07 Å². The van der Waals surface area contributed by atoms with E-state index in [9.17, 15) is 8.78 Å². The third kappa shape index (κ3) is 3.55. The molecule has 1 aromatic carbocycles. The van der Waals surface area contributed by atoms with Crippen LogP contribution in [-0.4, -0.2) is 22.1 Å². The quantitative estimate of drug-likeness (QED) is 0.888. The molecule has 1 heterocycles. The van der Waals surface area contributed by atoms with Crippen LogP contribution in [0.4, 0.5) is 8.78 Å². The summed E-state index contributed by atoms with van der Waals surface area (Å²) in [6.07, 6.45) is 0. The minimum absolute atomic E-state index is 0.194. The first-order valence-electron chi connectivity index (χ1n) is 5.72. The second kappa shape index (κ2) is 5.85. The molecule has 0 radical (unpaired) electrons. The average Bonchev–Trinajstić information content (AvgIpc) is 2.81. The fraction of sp³-hybridized carbons (Fsp3) is 0.333. The standard InChI is InChI=1S/C12H14F2N4O/c1-18(7-11-16-12(5-15)19-17-11)6-8-2-3-9(13)10(14)4-8/h2-4H,5-7,15H2,1H3. The molecule has 2 rings (SSSR count). The second-order valence-corrected chi connectivity index (χ2v) is 4.23. The van der Waals surface area contributed by atoms with E-state index in [2.05, 4.69) is 10.1 Å². The zero-order valence-electron chi connectivity index (χ0n) is 10.4. The van der Waals surface area contributed by atoms with Gasteiger partial charge in [0.25, 0.3) is 0 Å². The summed E-state index contributed by atoms with van der Waals surface area (Å²) in [4.78, 5) is 5.92. The normalized spacial score (nSPS) is 11.2. The highest BCUT2D eigenvalue weighted by Crippen LogP contribution is 2.11. The molecule has 0 spiro atoms. The molecule has 0 aliphatic rings. The van der Waals surface area contributed by atoms with Crippen LogP contribution in [0.2, 0.25) is 0 Å². The third-order valence-electron chi connectivity index (χ3n) is 2.53. The van der Waals surface area contributed by atoms with Crippen molar-refractivity contribution in [1.82, 2.24) is 15.0 Å². The van der Waals surface area contributed by atoms with Gasteiger partial charge in [0.2, 0.25) is 5.89 Å². The van der Waals surface area contributed by atoms with Gasteiger partial charge in [-0.2, -0.15) is 4.98 Å². The van der Waals surface area contributed by atoms with E-state index in [0.29, 0.717) is 30.4 Å². The Morgan fingerprint density at radius 2 is 2.05 bits per heavy atom. The van der Waals surface area contributed by atoms with Gasteiger partial charge in [-0.3, -0.25) is 4.90 Å². The van der Waals surface area contributed by atoms with Gasteiger partial charge in [0.1, 0.15) is 0 Å². The summed E-state index contributed by atoms with van der Waals surface area (Å²) in [7, 11) is 1.82. The van der Waals surface area contributed by atoms with Crippen molar-refractivity contribution in [3.8, 4) is 0 Å². The van der Waals surface area contributed by atoms with Crippen LogP contribution in [0.25, 0.3) is 0 Å². The zero-order valence-corrected chi connectivity index (χ0v) is 10.4. The molecule has 2 N–H and O–H groups in total. The Bertz CT molecular complexity index is 558. The number of hydrogen-bond donors (Lipinski definition) is 1. The van der Waals surface area contributed by atoms with E-state index in [-0.39, 0.29) is 6.54 Å². The molecule has 5 nitrogen and oxygen atoms in total. The Labute approximate surface area is 109 Å². The molecular formula is C12H14F2N4O. The van der Waals surface area contributed by atoms with Crippen LogP contribution in [0, 0.1) is 11.6 Å². The summed E-state index contributed by atoms with van der Waals surface area (Å²) in [5.41, 5.74) is 6.03. The number of halogens is 2. The maximum absolute atomic E-state index is 13.1. The van der Waals surface area contributed by atoms with Crippen molar-refractivity contribution in [3.05, 3.63) is 47.1 Å². The topological polar surface area (TPSA) is 68.2 Å². The van der Waals surface area contributed by atoms with Crippen LogP contribution < -0.4 is 5.73 Å². The van der Waals surface area contributed by atoms with Crippen molar-refractivity contribution < 1.29 is 13.3 Å². The summed E-state index contributed by atoms with van der Waals surface area (Å²) < 4.78 is 30.7. The lowest BCUT2D eigenvalue weighted by atomic mass is 10.2. The minimum Gasteiger partial charge on any atom is -0.338 e. The number of nitrogens with two attached hydrogens (primary N) is 1. The Morgan fingerprint density at radius 3 is 2.68 bits per heavy atom. The van der Waals surface area contributed by atoms with Crippen LogP contribution in [0.1, 0.15) is 17.3 Å². The van der Waals surface area contributed by atoms with E-state index in [1.54, 1.807) is 0 Å². The molecule has 0 bridgehead atoms. The predicted molar refractivity (Wildman–Crippen MR) is 63.7 cm³/mol. The number of rotatable bonds is 5. The van der Waals surface area contributed by atoms with Crippen LogP contribution in [0.3, 0.4) is 0 Å². The molecule has 19 heavy (non-hydrogen) atoms. The van der Waals surface area contributed by atoms with Gasteiger partial charge in [-0.15, -0.1) is 0 Å². The first-order valence-corrected chi connectivity index (χ1v) is 5.72. The fourth-order valence-corrected chi connectivity index (χ4v) is 1.68. The van der Waals surface area contributed by atoms with Crippen molar-refractivity contribution in [2.75, 3.05) is 7.05 Å². The average molecular weight is 268 g/mol. The summed E-state index contributed by atoms with van der Waals surface area (Å²) in [5, 5.41) is 3.76. The lowest BCUT2D eigenvalue weighted by molar-refractivity contribution is 0.299. The summed E-state index contributed by atoms with van der Waals surface area (Å²) >= 11 is 0. The highest BCUT2D eigenvalue weighted by Gasteiger charge is 2.09. The molecule has 0 aliphatic heterocycles. The van der Waals surface area contributed by atoms with Crippen LogP contribution in [0.15, 0.2) is 22.7 Å². The SMILES string of the molecule is CN(Cc1ccc(F)c(F)c1)Cc1noc(CN)n1. The smallest absolute Gasteiger partial charge is 0.240 e. The highest BCUT2D eigenvalue weighted by atomic mass is 19.2. The molecule has 0 saturated carbocycles. The predicted octanol–water partition coefficient (Wildman–Crippen LogP) is 1.44. The van der Waals surface area contributed by atoms with Crippen molar-refractivity contribution in [2.24, 2.45) is 5.73 Å². The molecule has 0 saturated heterocycles. The highest BCUT2D eigenvalue weighted by molar-refractivity contribution is 5.17. The molecule has 7 heteroatoms. The summed E-state index contributed by atoms with van der Waals surface area (Å²) in [6.45, 7) is 1.08. The van der Waals surface area contributed by atoms with Crippen LogP contribution in [-0.2, 0) is 19.6 Å². The molecule has 102 valence electrons. The Morgan fingerprint density at radius 1 is 1.26 bits per heavy atom. The number of hydrogen-bond acceptors (Lipinski definition) is 5. The maximum atomic E-state index is 13.1. The van der Waals surface area contributed by atoms with Gasteiger partial charge in [0, 0.05) is 6.54 Å². The second-order valence-electron chi connectivity index (χ2n) is 4.23. The minimum atomic E-state index is -0.851. The number of nitrogens with zero attached hydrogens (tertiary/aromatic N) is 3.